The van der Waals surface area contributed by atoms with Crippen molar-refractivity contribution in [2.75, 3.05) is 6.54 Å². The lowest BCUT2D eigenvalue weighted by Crippen LogP contribution is -2.17. The summed E-state index contributed by atoms with van der Waals surface area (Å²) in [5.74, 6) is 0.0596. The van der Waals surface area contributed by atoms with Gasteiger partial charge in [0, 0.05) is 42.0 Å². The second kappa shape index (κ2) is 4.74. The Balaban J connectivity index is 1.83. The monoisotopic (exact) mass is 277 g/mol. The van der Waals surface area contributed by atoms with E-state index in [9.17, 15) is 4.79 Å². The van der Waals surface area contributed by atoms with Gasteiger partial charge in [0.05, 0.1) is 5.92 Å². The highest BCUT2D eigenvalue weighted by Crippen LogP contribution is 2.39. The lowest BCUT2D eigenvalue weighted by Gasteiger charge is -2.16. The molecular formula is C17H15N3O. The molecule has 104 valence electrons. The lowest BCUT2D eigenvalue weighted by atomic mass is 9.84. The third-order valence-electron chi connectivity index (χ3n) is 4.25. The Morgan fingerprint density at radius 3 is 2.90 bits per heavy atom. The number of carbonyl (C=O) groups excluding carboxylic acids is 1. The third kappa shape index (κ3) is 1.91. The van der Waals surface area contributed by atoms with Crippen molar-refractivity contribution in [1.82, 2.24) is 15.3 Å². The molecule has 1 fully saturated rings. The minimum absolute atomic E-state index is 0.0913. The predicted octanol–water partition coefficient (Wildman–Crippen LogP) is 2.56. The van der Waals surface area contributed by atoms with Gasteiger partial charge in [-0.25, -0.2) is 0 Å². The fourth-order valence-corrected chi connectivity index (χ4v) is 3.24. The van der Waals surface area contributed by atoms with E-state index in [0.717, 1.165) is 22.0 Å². The van der Waals surface area contributed by atoms with Gasteiger partial charge in [0.1, 0.15) is 0 Å². The van der Waals surface area contributed by atoms with Crippen molar-refractivity contribution < 1.29 is 4.79 Å². The molecule has 0 radical (unpaired) electrons. The molecule has 21 heavy (non-hydrogen) atoms. The Morgan fingerprint density at radius 1 is 1.14 bits per heavy atom. The van der Waals surface area contributed by atoms with Gasteiger partial charge in [-0.15, -0.1) is 0 Å². The van der Waals surface area contributed by atoms with Gasteiger partial charge >= 0.3 is 0 Å². The minimum Gasteiger partial charge on any atom is -0.361 e. The molecule has 2 unspecified atom stereocenters. The number of aromatic nitrogens is 2. The van der Waals surface area contributed by atoms with Crippen LogP contribution in [0.1, 0.15) is 23.0 Å². The molecule has 1 amide bonds. The van der Waals surface area contributed by atoms with Gasteiger partial charge in [0.25, 0.3) is 0 Å². The highest BCUT2D eigenvalue weighted by atomic mass is 16.2. The molecule has 1 saturated heterocycles. The van der Waals surface area contributed by atoms with E-state index in [0.29, 0.717) is 6.54 Å². The molecule has 2 N–H and O–H groups in total. The highest BCUT2D eigenvalue weighted by molar-refractivity contribution is 5.94. The summed E-state index contributed by atoms with van der Waals surface area (Å²) in [4.78, 5) is 19.8. The molecule has 1 aliphatic rings. The van der Waals surface area contributed by atoms with Gasteiger partial charge in [-0.05, 0) is 23.3 Å². The van der Waals surface area contributed by atoms with Crippen molar-refractivity contribution in [2.45, 2.75) is 11.8 Å². The molecular weight excluding hydrogens is 262 g/mol. The quantitative estimate of drug-likeness (QED) is 0.756. The van der Waals surface area contributed by atoms with Crippen LogP contribution in [0.2, 0.25) is 0 Å². The van der Waals surface area contributed by atoms with E-state index in [1.54, 1.807) is 6.20 Å². The molecule has 1 aromatic carbocycles. The standard InChI is InChI=1S/C17H15N3O/c21-17-16(13(9-20-17)11-4-3-7-18-8-11)14-10-19-15-6-2-1-5-12(14)15/h1-8,10,13,16,19H,9H2,(H,20,21). The smallest absolute Gasteiger partial charge is 0.228 e. The molecule has 4 heteroatoms. The number of nitrogens with one attached hydrogen (secondary N) is 2. The first-order valence-corrected chi connectivity index (χ1v) is 7.08. The first-order chi connectivity index (χ1) is 10.3. The highest BCUT2D eigenvalue weighted by Gasteiger charge is 2.38. The van der Waals surface area contributed by atoms with Crippen LogP contribution in [0.5, 0.6) is 0 Å². The first kappa shape index (κ1) is 12.1. The zero-order valence-corrected chi connectivity index (χ0v) is 11.4. The van der Waals surface area contributed by atoms with Crippen molar-refractivity contribution in [1.29, 1.82) is 0 Å². The van der Waals surface area contributed by atoms with E-state index < -0.39 is 0 Å². The van der Waals surface area contributed by atoms with E-state index in [1.807, 2.05) is 42.7 Å². The number of fused-ring (bicyclic) bond motifs is 1. The van der Waals surface area contributed by atoms with E-state index in [2.05, 4.69) is 21.4 Å². The van der Waals surface area contributed by atoms with Crippen LogP contribution >= 0.6 is 0 Å². The summed E-state index contributed by atoms with van der Waals surface area (Å²) in [6, 6.07) is 12.1. The van der Waals surface area contributed by atoms with E-state index in [1.165, 1.54) is 0 Å². The Kier molecular flexibility index (Phi) is 2.74. The molecule has 2 aromatic heterocycles. The van der Waals surface area contributed by atoms with Crippen LogP contribution in [0.15, 0.2) is 55.0 Å². The summed E-state index contributed by atoms with van der Waals surface area (Å²) in [6.45, 7) is 0.661. The van der Waals surface area contributed by atoms with E-state index in [-0.39, 0.29) is 17.7 Å². The van der Waals surface area contributed by atoms with E-state index in [4.69, 9.17) is 0 Å². The van der Waals surface area contributed by atoms with Gasteiger partial charge in [-0.1, -0.05) is 24.3 Å². The molecule has 4 rings (SSSR count). The Hall–Kier alpha value is -2.62. The second-order valence-electron chi connectivity index (χ2n) is 5.41. The zero-order chi connectivity index (χ0) is 14.2. The number of pyridine rings is 1. The largest absolute Gasteiger partial charge is 0.361 e. The first-order valence-electron chi connectivity index (χ1n) is 7.08. The number of hydrogen-bond acceptors (Lipinski definition) is 2. The number of rotatable bonds is 2. The Labute approximate surface area is 122 Å². The summed E-state index contributed by atoms with van der Waals surface area (Å²) in [7, 11) is 0. The number of para-hydroxylation sites is 1. The molecule has 3 aromatic rings. The van der Waals surface area contributed by atoms with Crippen molar-refractivity contribution in [3.8, 4) is 0 Å². The zero-order valence-electron chi connectivity index (χ0n) is 11.4. The molecule has 2 atom stereocenters. The summed E-state index contributed by atoms with van der Waals surface area (Å²) in [6.07, 6.45) is 5.57. The molecule has 1 aliphatic heterocycles. The van der Waals surface area contributed by atoms with Crippen LogP contribution in [0, 0.1) is 0 Å². The molecule has 3 heterocycles. The molecule has 4 nitrogen and oxygen atoms in total. The molecule has 0 aliphatic carbocycles. The van der Waals surface area contributed by atoms with Gasteiger partial charge in [-0.3, -0.25) is 9.78 Å². The number of benzene rings is 1. The summed E-state index contributed by atoms with van der Waals surface area (Å²) >= 11 is 0. The van der Waals surface area contributed by atoms with Crippen LogP contribution in [0.25, 0.3) is 10.9 Å². The molecule has 0 saturated carbocycles. The minimum atomic E-state index is -0.162. The van der Waals surface area contributed by atoms with Crippen LogP contribution in [0.4, 0.5) is 0 Å². The maximum atomic E-state index is 12.4. The van der Waals surface area contributed by atoms with Crippen molar-refractivity contribution in [3.05, 3.63) is 66.1 Å². The average Bonchev–Trinajstić information content (AvgIpc) is 3.11. The SMILES string of the molecule is O=C1NCC(c2cccnc2)C1c1c[nH]c2ccccc12. The fourth-order valence-electron chi connectivity index (χ4n) is 3.24. The van der Waals surface area contributed by atoms with Crippen LogP contribution in [0.3, 0.4) is 0 Å². The topological polar surface area (TPSA) is 57.8 Å². The van der Waals surface area contributed by atoms with E-state index >= 15 is 0 Å². The van der Waals surface area contributed by atoms with Crippen LogP contribution < -0.4 is 5.32 Å². The maximum Gasteiger partial charge on any atom is 0.228 e. The van der Waals surface area contributed by atoms with Crippen LogP contribution in [-0.2, 0) is 4.79 Å². The Morgan fingerprint density at radius 2 is 2.05 bits per heavy atom. The number of H-pyrrole nitrogens is 1. The van der Waals surface area contributed by atoms with Crippen molar-refractivity contribution >= 4 is 16.8 Å². The number of hydrogen-bond donors (Lipinski definition) is 2. The molecule has 0 spiro atoms. The van der Waals surface area contributed by atoms with Crippen molar-refractivity contribution in [3.63, 3.8) is 0 Å². The van der Waals surface area contributed by atoms with Gasteiger partial charge < -0.3 is 10.3 Å². The number of carbonyl (C=O) groups is 1. The number of amides is 1. The normalized spacial score (nSPS) is 21.6. The van der Waals surface area contributed by atoms with Crippen molar-refractivity contribution in [2.24, 2.45) is 0 Å². The second-order valence-corrected chi connectivity index (χ2v) is 5.41. The summed E-state index contributed by atoms with van der Waals surface area (Å²) in [5, 5.41) is 4.11. The lowest BCUT2D eigenvalue weighted by molar-refractivity contribution is -0.120. The fraction of sp³-hybridized carbons (Fsp3) is 0.176. The number of aromatic amines is 1. The average molecular weight is 277 g/mol. The molecule has 0 bridgehead atoms. The van der Waals surface area contributed by atoms with Gasteiger partial charge in [0.2, 0.25) is 5.91 Å². The maximum absolute atomic E-state index is 12.4. The van der Waals surface area contributed by atoms with Gasteiger partial charge in [-0.2, -0.15) is 0 Å². The summed E-state index contributed by atoms with van der Waals surface area (Å²) in [5.41, 5.74) is 3.23. The summed E-state index contributed by atoms with van der Waals surface area (Å²) < 4.78 is 0. The predicted molar refractivity (Wildman–Crippen MR) is 81.0 cm³/mol. The Bertz CT molecular complexity index is 794. The number of nitrogens with zero attached hydrogens (tertiary/aromatic N) is 1. The third-order valence-corrected chi connectivity index (χ3v) is 4.25. The van der Waals surface area contributed by atoms with Gasteiger partial charge in [0.15, 0.2) is 0 Å². The van der Waals surface area contributed by atoms with Crippen LogP contribution in [-0.4, -0.2) is 22.4 Å².